The normalized spacial score (nSPS) is 10.6. The average Bonchev–Trinajstić information content (AvgIpc) is 2.79. The van der Waals surface area contributed by atoms with Gasteiger partial charge >= 0.3 is 5.69 Å². The molecule has 4 aromatic rings. The molecule has 0 saturated heterocycles. The monoisotopic (exact) mass is 479 g/mol. The summed E-state index contributed by atoms with van der Waals surface area (Å²) in [6.07, 6.45) is 1.31. The van der Waals surface area contributed by atoms with E-state index in [1.54, 1.807) is 18.2 Å². The second-order valence-electron chi connectivity index (χ2n) is 7.26. The first-order valence-corrected chi connectivity index (χ1v) is 10.8. The zero-order valence-corrected chi connectivity index (χ0v) is 18.9. The van der Waals surface area contributed by atoms with Gasteiger partial charge in [-0.1, -0.05) is 83.9 Å². The van der Waals surface area contributed by atoms with E-state index >= 15 is 0 Å². The van der Waals surface area contributed by atoms with Crippen LogP contribution in [0.2, 0.25) is 10.0 Å². The molecule has 1 aromatic heterocycles. The summed E-state index contributed by atoms with van der Waals surface area (Å²) in [5.74, 6) is 0.257. The van der Waals surface area contributed by atoms with Crippen molar-refractivity contribution in [3.63, 3.8) is 0 Å². The third kappa shape index (κ3) is 5.77. The largest absolute Gasteiger partial charge is 0.353 e. The number of halogens is 2. The molecule has 1 N–H and O–H groups in total. The van der Waals surface area contributed by atoms with Crippen LogP contribution >= 0.6 is 23.2 Å². The summed E-state index contributed by atoms with van der Waals surface area (Å²) in [5.41, 5.74) is 2.24. The van der Waals surface area contributed by atoms with Crippen LogP contribution in [0.4, 0.5) is 23.0 Å². The van der Waals surface area contributed by atoms with E-state index in [2.05, 4.69) is 15.3 Å². The van der Waals surface area contributed by atoms with Gasteiger partial charge in [0.05, 0.1) is 4.92 Å². The molecule has 166 valence electrons. The van der Waals surface area contributed by atoms with Crippen LogP contribution in [0, 0.1) is 10.1 Å². The summed E-state index contributed by atoms with van der Waals surface area (Å²) >= 11 is 12.2. The lowest BCUT2D eigenvalue weighted by atomic mass is 10.1. The van der Waals surface area contributed by atoms with Crippen molar-refractivity contribution < 1.29 is 4.92 Å². The summed E-state index contributed by atoms with van der Waals surface area (Å²) in [6.45, 7) is 0.853. The van der Waals surface area contributed by atoms with Crippen molar-refractivity contribution in [1.29, 1.82) is 0 Å². The van der Waals surface area contributed by atoms with Crippen LogP contribution in [-0.4, -0.2) is 14.9 Å². The molecule has 0 saturated carbocycles. The standard InChI is InChI=1S/C24H19Cl2N5O2/c25-19-11-20(26)13-21(12-19)29-23-22(31(32)33)24(28-16-27-23)30(14-17-7-3-1-4-8-17)15-18-9-5-2-6-10-18/h1-13,16H,14-15H2,(H,27,28,29). The molecule has 0 radical (unpaired) electrons. The number of anilines is 3. The van der Waals surface area contributed by atoms with Gasteiger partial charge < -0.3 is 10.2 Å². The van der Waals surface area contributed by atoms with Crippen LogP contribution in [0.25, 0.3) is 0 Å². The minimum atomic E-state index is -0.479. The molecule has 4 rings (SSSR count). The van der Waals surface area contributed by atoms with E-state index in [4.69, 9.17) is 23.2 Å². The summed E-state index contributed by atoms with van der Waals surface area (Å²) < 4.78 is 0. The highest BCUT2D eigenvalue weighted by Crippen LogP contribution is 2.36. The lowest BCUT2D eigenvalue weighted by Gasteiger charge is -2.24. The molecule has 0 aliphatic rings. The molecule has 0 aliphatic heterocycles. The molecule has 0 aliphatic carbocycles. The Morgan fingerprint density at radius 2 is 1.39 bits per heavy atom. The number of rotatable bonds is 8. The first kappa shape index (κ1) is 22.5. The summed E-state index contributed by atoms with van der Waals surface area (Å²) in [4.78, 5) is 22.0. The van der Waals surface area contributed by atoms with Gasteiger partial charge in [-0.3, -0.25) is 10.1 Å². The number of nitro groups is 1. The maximum Gasteiger partial charge on any atom is 0.353 e. The van der Waals surface area contributed by atoms with Crippen LogP contribution in [-0.2, 0) is 13.1 Å². The molecule has 33 heavy (non-hydrogen) atoms. The van der Waals surface area contributed by atoms with Crippen molar-refractivity contribution in [2.45, 2.75) is 13.1 Å². The first-order valence-electron chi connectivity index (χ1n) is 10.0. The fourth-order valence-corrected chi connectivity index (χ4v) is 3.96. The smallest absolute Gasteiger partial charge is 0.342 e. The third-order valence-electron chi connectivity index (χ3n) is 4.84. The van der Waals surface area contributed by atoms with Crippen molar-refractivity contribution in [3.05, 3.63) is 116 Å². The van der Waals surface area contributed by atoms with Crippen LogP contribution in [0.3, 0.4) is 0 Å². The van der Waals surface area contributed by atoms with Gasteiger partial charge in [0.15, 0.2) is 0 Å². The van der Waals surface area contributed by atoms with Crippen LogP contribution < -0.4 is 10.2 Å². The molecule has 3 aromatic carbocycles. The van der Waals surface area contributed by atoms with Crippen LogP contribution in [0.15, 0.2) is 85.2 Å². The van der Waals surface area contributed by atoms with Crippen molar-refractivity contribution >= 4 is 46.2 Å². The molecule has 0 fully saturated rings. The summed E-state index contributed by atoms with van der Waals surface area (Å²) in [6, 6.07) is 24.3. The van der Waals surface area contributed by atoms with Gasteiger partial charge in [0.1, 0.15) is 6.33 Å². The van der Waals surface area contributed by atoms with Gasteiger partial charge in [0.25, 0.3) is 0 Å². The van der Waals surface area contributed by atoms with Crippen molar-refractivity contribution in [1.82, 2.24) is 9.97 Å². The SMILES string of the molecule is O=[N+]([O-])c1c(Nc2cc(Cl)cc(Cl)c2)ncnc1N(Cc1ccccc1)Cc1ccccc1. The Balaban J connectivity index is 1.76. The molecule has 0 atom stereocenters. The average molecular weight is 480 g/mol. The second-order valence-corrected chi connectivity index (χ2v) is 8.13. The molecule has 1 heterocycles. The van der Waals surface area contributed by atoms with Gasteiger partial charge in [-0.25, -0.2) is 9.97 Å². The topological polar surface area (TPSA) is 84.2 Å². The van der Waals surface area contributed by atoms with Gasteiger partial charge in [-0.15, -0.1) is 0 Å². The molecule has 7 nitrogen and oxygen atoms in total. The van der Waals surface area contributed by atoms with Crippen molar-refractivity contribution in [3.8, 4) is 0 Å². The Kier molecular flexibility index (Phi) is 7.02. The molecule has 0 unspecified atom stereocenters. The van der Waals surface area contributed by atoms with E-state index in [0.717, 1.165) is 11.1 Å². The lowest BCUT2D eigenvalue weighted by molar-refractivity contribution is -0.383. The molecule has 0 spiro atoms. The zero-order chi connectivity index (χ0) is 23.2. The fraction of sp³-hybridized carbons (Fsp3) is 0.0833. The first-order chi connectivity index (χ1) is 16.0. The maximum atomic E-state index is 12.2. The number of nitrogens with one attached hydrogen (secondary N) is 1. The van der Waals surface area contributed by atoms with Crippen LogP contribution in [0.5, 0.6) is 0 Å². The predicted octanol–water partition coefficient (Wildman–Crippen LogP) is 6.64. The Bertz CT molecular complexity index is 1190. The van der Waals surface area contributed by atoms with E-state index in [-0.39, 0.29) is 17.3 Å². The Labute approximate surface area is 200 Å². The van der Waals surface area contributed by atoms with Gasteiger partial charge in [0, 0.05) is 28.8 Å². The number of aromatic nitrogens is 2. The summed E-state index contributed by atoms with van der Waals surface area (Å²) in [7, 11) is 0. The number of hydrogen-bond acceptors (Lipinski definition) is 6. The third-order valence-corrected chi connectivity index (χ3v) is 5.28. The minimum Gasteiger partial charge on any atom is -0.342 e. The van der Waals surface area contributed by atoms with E-state index < -0.39 is 4.92 Å². The maximum absolute atomic E-state index is 12.2. The van der Waals surface area contributed by atoms with Gasteiger partial charge in [-0.2, -0.15) is 0 Å². The Morgan fingerprint density at radius 1 is 0.848 bits per heavy atom. The predicted molar refractivity (Wildman–Crippen MR) is 131 cm³/mol. The number of hydrogen-bond donors (Lipinski definition) is 1. The molecular weight excluding hydrogens is 461 g/mol. The van der Waals surface area contributed by atoms with E-state index in [1.807, 2.05) is 65.6 Å². The number of nitrogens with zero attached hydrogens (tertiary/aromatic N) is 4. The highest BCUT2D eigenvalue weighted by atomic mass is 35.5. The summed E-state index contributed by atoms with van der Waals surface area (Å²) in [5, 5.41) is 16.0. The number of benzene rings is 3. The molecule has 9 heteroatoms. The van der Waals surface area contributed by atoms with E-state index in [1.165, 1.54) is 6.33 Å². The minimum absolute atomic E-state index is 0.0504. The van der Waals surface area contributed by atoms with Gasteiger partial charge in [-0.05, 0) is 29.3 Å². The molecule has 0 amide bonds. The van der Waals surface area contributed by atoms with Gasteiger partial charge in [0.2, 0.25) is 11.6 Å². The van der Waals surface area contributed by atoms with E-state index in [0.29, 0.717) is 28.8 Å². The highest BCUT2D eigenvalue weighted by molar-refractivity contribution is 6.35. The molecular formula is C24H19Cl2N5O2. The van der Waals surface area contributed by atoms with Crippen molar-refractivity contribution in [2.75, 3.05) is 10.2 Å². The lowest BCUT2D eigenvalue weighted by Crippen LogP contribution is -2.24. The van der Waals surface area contributed by atoms with Crippen LogP contribution in [0.1, 0.15) is 11.1 Å². The zero-order valence-electron chi connectivity index (χ0n) is 17.4. The molecule has 0 bridgehead atoms. The fourth-order valence-electron chi connectivity index (χ4n) is 3.44. The van der Waals surface area contributed by atoms with Crippen molar-refractivity contribution in [2.24, 2.45) is 0 Å². The second kappa shape index (κ2) is 10.3. The quantitative estimate of drug-likeness (QED) is 0.225. The Hall–Kier alpha value is -3.68. The highest BCUT2D eigenvalue weighted by Gasteiger charge is 2.27. The Morgan fingerprint density at radius 3 is 1.91 bits per heavy atom. The van der Waals surface area contributed by atoms with E-state index in [9.17, 15) is 10.1 Å².